The van der Waals surface area contributed by atoms with E-state index >= 15 is 0 Å². The Hall–Kier alpha value is -1.17. The van der Waals surface area contributed by atoms with Crippen LogP contribution in [0.4, 0.5) is 5.69 Å². The molecule has 0 aliphatic carbocycles. The largest absolute Gasteiger partial charge is 0.389 e. The minimum Gasteiger partial charge on any atom is -0.389 e. The first-order valence-electron chi connectivity index (χ1n) is 5.80. The number of nitrogens with two attached hydrogens (primary N) is 1. The van der Waals surface area contributed by atoms with Gasteiger partial charge in [-0.3, -0.25) is 4.79 Å². The van der Waals surface area contributed by atoms with Crippen LogP contribution in [-0.4, -0.2) is 23.6 Å². The van der Waals surface area contributed by atoms with Gasteiger partial charge in [0, 0.05) is 12.7 Å². The van der Waals surface area contributed by atoms with Crippen molar-refractivity contribution in [3.05, 3.63) is 28.8 Å². The summed E-state index contributed by atoms with van der Waals surface area (Å²) in [6.45, 7) is 3.60. The number of methoxy groups -OCH3 is 1. The van der Waals surface area contributed by atoms with Crippen molar-refractivity contribution in [2.45, 2.75) is 25.9 Å². The maximum Gasteiger partial charge on any atom is 0.256 e. The zero-order chi connectivity index (χ0) is 14.6. The van der Waals surface area contributed by atoms with E-state index in [2.05, 4.69) is 5.32 Å². The van der Waals surface area contributed by atoms with Crippen molar-refractivity contribution < 1.29 is 9.53 Å². The number of amides is 1. The van der Waals surface area contributed by atoms with Gasteiger partial charge in [-0.1, -0.05) is 30.7 Å². The predicted molar refractivity (Wildman–Crippen MR) is 81.7 cm³/mol. The highest BCUT2D eigenvalue weighted by Gasteiger charge is 2.31. The molecule has 1 aromatic rings. The minimum absolute atomic E-state index is 0.248. The number of carbonyl (C=O) groups is 1. The second-order valence-electron chi connectivity index (χ2n) is 4.30. The van der Waals surface area contributed by atoms with Gasteiger partial charge in [-0.15, -0.1) is 0 Å². The zero-order valence-corrected chi connectivity index (χ0v) is 12.7. The van der Waals surface area contributed by atoms with Crippen LogP contribution in [0.1, 0.15) is 25.8 Å². The second-order valence-corrected chi connectivity index (χ2v) is 5.15. The van der Waals surface area contributed by atoms with Crippen LogP contribution < -0.4 is 11.1 Å². The number of nitrogens with one attached hydrogen (secondary N) is 1. The first-order valence-corrected chi connectivity index (χ1v) is 6.58. The smallest absolute Gasteiger partial charge is 0.256 e. The van der Waals surface area contributed by atoms with Gasteiger partial charge < -0.3 is 15.8 Å². The lowest BCUT2D eigenvalue weighted by Gasteiger charge is -2.25. The number of hydrogen-bond donors (Lipinski definition) is 2. The van der Waals surface area contributed by atoms with E-state index in [9.17, 15) is 4.79 Å². The molecule has 0 saturated heterocycles. The molecule has 1 rings (SSSR count). The van der Waals surface area contributed by atoms with Crippen LogP contribution in [0.2, 0.25) is 5.02 Å². The van der Waals surface area contributed by atoms with E-state index in [0.717, 1.165) is 0 Å². The summed E-state index contributed by atoms with van der Waals surface area (Å²) < 4.78 is 5.23. The molecule has 6 heteroatoms. The van der Waals surface area contributed by atoms with Crippen LogP contribution in [0.15, 0.2) is 18.2 Å². The molecule has 1 aromatic carbocycles. The molecular formula is C13H17ClN2O2S. The molecule has 0 fully saturated rings. The Morgan fingerprint density at radius 3 is 2.63 bits per heavy atom. The number of halogens is 1. The van der Waals surface area contributed by atoms with E-state index < -0.39 is 5.60 Å². The van der Waals surface area contributed by atoms with Crippen molar-refractivity contribution in [2.75, 3.05) is 12.4 Å². The standard InChI is InChI=1S/C13H17ClN2O2S/c1-4-13(2,18-3)12(17)16-10-6-5-8(11(15)19)7-9(10)14/h5-7H,4H2,1-3H3,(H2,15,19)(H,16,17). The summed E-state index contributed by atoms with van der Waals surface area (Å²) in [5.41, 5.74) is 5.79. The maximum atomic E-state index is 12.1. The van der Waals surface area contributed by atoms with E-state index in [-0.39, 0.29) is 10.9 Å². The number of hydrogen-bond acceptors (Lipinski definition) is 3. The molecule has 1 amide bonds. The summed E-state index contributed by atoms with van der Waals surface area (Å²) in [5, 5.41) is 3.12. The molecule has 0 radical (unpaired) electrons. The Morgan fingerprint density at radius 2 is 2.21 bits per heavy atom. The topological polar surface area (TPSA) is 64.3 Å². The lowest BCUT2D eigenvalue weighted by molar-refractivity contribution is -0.136. The van der Waals surface area contributed by atoms with Gasteiger partial charge in [0.05, 0.1) is 10.7 Å². The number of anilines is 1. The first kappa shape index (κ1) is 15.9. The highest BCUT2D eigenvalue weighted by Crippen LogP contribution is 2.25. The average Bonchev–Trinajstić information content (AvgIpc) is 2.39. The molecule has 0 spiro atoms. The minimum atomic E-state index is -0.884. The highest BCUT2D eigenvalue weighted by atomic mass is 35.5. The molecule has 1 atom stereocenters. The van der Waals surface area contributed by atoms with Crippen molar-refractivity contribution in [1.82, 2.24) is 0 Å². The van der Waals surface area contributed by atoms with E-state index in [4.69, 9.17) is 34.3 Å². The Labute approximate surface area is 123 Å². The van der Waals surface area contributed by atoms with Gasteiger partial charge in [0.15, 0.2) is 0 Å². The third-order valence-electron chi connectivity index (χ3n) is 3.11. The summed E-state index contributed by atoms with van der Waals surface area (Å²) in [6, 6.07) is 5.00. The van der Waals surface area contributed by atoms with E-state index in [0.29, 0.717) is 22.7 Å². The van der Waals surface area contributed by atoms with Gasteiger partial charge in [-0.2, -0.15) is 0 Å². The number of rotatable bonds is 5. The van der Waals surface area contributed by atoms with Crippen molar-refractivity contribution in [3.63, 3.8) is 0 Å². The quantitative estimate of drug-likeness (QED) is 0.821. The number of carbonyl (C=O) groups excluding carboxylic acids is 1. The Kier molecular flexibility index (Phi) is 5.29. The molecule has 4 nitrogen and oxygen atoms in total. The van der Waals surface area contributed by atoms with Gasteiger partial charge in [0.1, 0.15) is 10.6 Å². The fourth-order valence-electron chi connectivity index (χ4n) is 1.42. The highest BCUT2D eigenvalue weighted by molar-refractivity contribution is 7.80. The lowest BCUT2D eigenvalue weighted by Crippen LogP contribution is -2.41. The van der Waals surface area contributed by atoms with Crippen molar-refractivity contribution >= 4 is 40.4 Å². The summed E-state index contributed by atoms with van der Waals surface area (Å²) in [7, 11) is 1.50. The van der Waals surface area contributed by atoms with Crippen LogP contribution in [0, 0.1) is 0 Å². The maximum absolute atomic E-state index is 12.1. The van der Waals surface area contributed by atoms with Gasteiger partial charge in [-0.25, -0.2) is 0 Å². The molecule has 0 aromatic heterocycles. The first-order chi connectivity index (χ1) is 8.84. The monoisotopic (exact) mass is 300 g/mol. The predicted octanol–water partition coefficient (Wildman–Crippen LogP) is 2.73. The molecule has 0 aliphatic rings. The van der Waals surface area contributed by atoms with Crippen LogP contribution in [0.25, 0.3) is 0 Å². The van der Waals surface area contributed by atoms with Gasteiger partial charge >= 0.3 is 0 Å². The van der Waals surface area contributed by atoms with E-state index in [1.165, 1.54) is 7.11 Å². The molecule has 104 valence electrons. The molecule has 1 unspecified atom stereocenters. The van der Waals surface area contributed by atoms with Crippen molar-refractivity contribution in [2.24, 2.45) is 5.73 Å². The number of benzene rings is 1. The number of thiocarbonyl (C=S) groups is 1. The average molecular weight is 301 g/mol. The third kappa shape index (κ3) is 3.65. The molecule has 19 heavy (non-hydrogen) atoms. The molecule has 0 bridgehead atoms. The normalized spacial score (nSPS) is 13.7. The third-order valence-corrected chi connectivity index (χ3v) is 3.66. The summed E-state index contributed by atoms with van der Waals surface area (Å²) in [4.78, 5) is 12.4. The van der Waals surface area contributed by atoms with E-state index in [1.807, 2.05) is 6.92 Å². The Balaban J connectivity index is 2.95. The fraction of sp³-hybridized carbons (Fsp3) is 0.385. The molecule has 0 aliphatic heterocycles. The zero-order valence-electron chi connectivity index (χ0n) is 11.1. The SMILES string of the molecule is CCC(C)(OC)C(=O)Nc1ccc(C(N)=S)cc1Cl. The molecular weight excluding hydrogens is 284 g/mol. The molecule has 0 heterocycles. The van der Waals surface area contributed by atoms with Gasteiger partial charge in [0.2, 0.25) is 0 Å². The molecule has 3 N–H and O–H groups in total. The molecule has 0 saturated carbocycles. The summed E-state index contributed by atoms with van der Waals surface area (Å²) in [6.07, 6.45) is 0.553. The lowest BCUT2D eigenvalue weighted by atomic mass is 10.0. The Bertz CT molecular complexity index is 501. The second kappa shape index (κ2) is 6.32. The van der Waals surface area contributed by atoms with Crippen LogP contribution in [0.5, 0.6) is 0 Å². The van der Waals surface area contributed by atoms with Crippen molar-refractivity contribution in [3.8, 4) is 0 Å². The van der Waals surface area contributed by atoms with Crippen molar-refractivity contribution in [1.29, 1.82) is 0 Å². The van der Waals surface area contributed by atoms with Crippen LogP contribution in [0.3, 0.4) is 0 Å². The summed E-state index contributed by atoms with van der Waals surface area (Å²) >= 11 is 10.9. The van der Waals surface area contributed by atoms with E-state index in [1.54, 1.807) is 25.1 Å². The Morgan fingerprint density at radius 1 is 1.58 bits per heavy atom. The summed E-state index contributed by atoms with van der Waals surface area (Å²) in [5.74, 6) is -0.248. The van der Waals surface area contributed by atoms with Gasteiger partial charge in [-0.05, 0) is 31.5 Å². The van der Waals surface area contributed by atoms with Crippen LogP contribution in [-0.2, 0) is 9.53 Å². The number of ether oxygens (including phenoxy) is 1. The van der Waals surface area contributed by atoms with Crippen LogP contribution >= 0.6 is 23.8 Å². The fourth-order valence-corrected chi connectivity index (χ4v) is 1.78. The van der Waals surface area contributed by atoms with Gasteiger partial charge in [0.25, 0.3) is 5.91 Å².